The van der Waals surface area contributed by atoms with Crippen LogP contribution >= 0.6 is 15.9 Å². The van der Waals surface area contributed by atoms with Gasteiger partial charge in [0.15, 0.2) is 0 Å². The second-order valence-electron chi connectivity index (χ2n) is 0.886. The van der Waals surface area contributed by atoms with Crippen LogP contribution in [0.3, 0.4) is 0 Å². The Kier molecular flexibility index (Phi) is 10.9. The Morgan fingerprint density at radius 2 is 1.09 bits per heavy atom. The molecule has 64 valence electrons. The quantitative estimate of drug-likeness (QED) is 0.348. The molecule has 0 radical (unpaired) electrons. The summed E-state index contributed by atoms with van der Waals surface area (Å²) in [5.74, 6) is 0. The Balaban J connectivity index is -0.000000107. The third-order valence-corrected chi connectivity index (χ3v) is 0. The third kappa shape index (κ3) is 727. The molecular weight excluding hydrogens is 222 g/mol. The van der Waals surface area contributed by atoms with Gasteiger partial charge in [-0.2, -0.15) is 4.20 Å². The summed E-state index contributed by atoms with van der Waals surface area (Å²) in [5.41, 5.74) is 0. The Labute approximate surface area is 81.9 Å². The van der Waals surface area contributed by atoms with Gasteiger partial charge >= 0.3 is 45.5 Å². The van der Waals surface area contributed by atoms with Gasteiger partial charge in [0.05, 0.1) is 0 Å². The van der Waals surface area contributed by atoms with Crippen molar-refractivity contribution in [2.45, 2.75) is 0 Å². The summed E-state index contributed by atoms with van der Waals surface area (Å²) < 4.78 is 47.5. The molecule has 1 atom stereocenters. The Bertz CT molecular complexity index is 132. The van der Waals surface area contributed by atoms with Gasteiger partial charge in [0.1, 0.15) is 0 Å². The van der Waals surface area contributed by atoms with Crippen LogP contribution in [0.1, 0.15) is 0 Å². The molecule has 0 aromatic heterocycles. The van der Waals surface area contributed by atoms with Gasteiger partial charge in [-0.25, -0.2) is 4.57 Å². The van der Waals surface area contributed by atoms with Gasteiger partial charge in [0, 0.05) is 0 Å². The maximum absolute atomic E-state index is 10.2. The first-order valence-electron chi connectivity index (χ1n) is 1.45. The molecule has 0 aromatic carbocycles. The normalized spacial score (nSPS) is 15.1. The van der Waals surface area contributed by atoms with Crippen LogP contribution in [0.15, 0.2) is 0 Å². The molecule has 0 rings (SSSR count). The average Bonchev–Trinajstić information content (AvgIpc) is 1.12. The van der Waals surface area contributed by atoms with Crippen LogP contribution in [-0.2, 0) is 9.13 Å². The number of halogens is 3. The summed E-state index contributed by atoms with van der Waals surface area (Å²) >= 11 is 0. The van der Waals surface area contributed by atoms with E-state index in [2.05, 4.69) is 0 Å². The van der Waals surface area contributed by atoms with E-state index in [0.29, 0.717) is 0 Å². The van der Waals surface area contributed by atoms with Crippen LogP contribution < -0.4 is 34.5 Å². The maximum Gasteiger partial charge on any atom is 1.00 e. The topological polar surface area (TPSA) is 97.7 Å². The maximum atomic E-state index is 10.2. The zero-order valence-corrected chi connectivity index (χ0v) is 8.94. The van der Waals surface area contributed by atoms with Crippen molar-refractivity contribution in [1.82, 2.24) is 0 Å². The molecule has 1 unspecified atom stereocenters. The van der Waals surface area contributed by atoms with Gasteiger partial charge in [-0.1, -0.05) is 0 Å². The molecule has 0 heterocycles. The fourth-order valence-electron chi connectivity index (χ4n) is 0. The monoisotopic (exact) mass is 224 g/mol. The first kappa shape index (κ1) is 18.0. The molecule has 11 heteroatoms. The van der Waals surface area contributed by atoms with Crippen molar-refractivity contribution in [2.75, 3.05) is 0 Å². The van der Waals surface area contributed by atoms with E-state index >= 15 is 0 Å². The SMILES string of the molecule is O=P(O)(F)F.O=P([O-])(O)F.[Na+]. The third-order valence-electron chi connectivity index (χ3n) is 0. The van der Waals surface area contributed by atoms with Crippen LogP contribution in [0.25, 0.3) is 0 Å². The van der Waals surface area contributed by atoms with E-state index in [9.17, 15) is 12.6 Å². The standard InChI is InChI=1S/F2HO2P.FH2O3P.Na/c2*1-5(2,3)4;/h(H,3,4);(H2,2,3,4);/q;;+1/p-1. The number of hydrogen-bond donors (Lipinski definition) is 2. The zero-order valence-electron chi connectivity index (χ0n) is 5.15. The molecule has 0 saturated carbocycles. The molecule has 0 aliphatic heterocycles. The van der Waals surface area contributed by atoms with Crippen molar-refractivity contribution >= 4 is 15.9 Å². The molecule has 11 heavy (non-hydrogen) atoms. The molecular formula is H2F3NaO5P2. The first-order valence-corrected chi connectivity index (χ1v) is 4.36. The summed E-state index contributed by atoms with van der Waals surface area (Å²) in [4.78, 5) is 22.1. The van der Waals surface area contributed by atoms with Gasteiger partial charge < -0.3 is 9.79 Å². The van der Waals surface area contributed by atoms with Crippen molar-refractivity contribution in [3.05, 3.63) is 0 Å². The summed E-state index contributed by atoms with van der Waals surface area (Å²) in [6.45, 7) is 0. The predicted molar refractivity (Wildman–Crippen MR) is 23.0 cm³/mol. The fourth-order valence-corrected chi connectivity index (χ4v) is 0. The largest absolute Gasteiger partial charge is 1.00 e. The van der Waals surface area contributed by atoms with E-state index in [1.807, 2.05) is 0 Å². The first-order chi connectivity index (χ1) is 4.00. The van der Waals surface area contributed by atoms with E-state index in [0.717, 1.165) is 0 Å². The summed E-state index contributed by atoms with van der Waals surface area (Å²) in [5, 5.41) is 0. The van der Waals surface area contributed by atoms with Crippen LogP contribution in [0.4, 0.5) is 12.6 Å². The Morgan fingerprint density at radius 3 is 1.09 bits per heavy atom. The minimum absolute atomic E-state index is 0. The molecule has 0 aliphatic carbocycles. The van der Waals surface area contributed by atoms with Crippen molar-refractivity contribution in [2.24, 2.45) is 0 Å². The minimum atomic E-state index is -5.64. The summed E-state index contributed by atoms with van der Waals surface area (Å²) in [6, 6.07) is 0. The molecule has 0 aromatic rings. The molecule has 0 fully saturated rings. The smallest absolute Gasteiger partial charge is 0.753 e. The molecule has 5 nitrogen and oxygen atoms in total. The van der Waals surface area contributed by atoms with Crippen LogP contribution in [0, 0.1) is 0 Å². The van der Waals surface area contributed by atoms with E-state index in [1.54, 1.807) is 0 Å². The summed E-state index contributed by atoms with van der Waals surface area (Å²) in [7, 11) is -11.0. The van der Waals surface area contributed by atoms with Crippen molar-refractivity contribution in [3.8, 4) is 0 Å². The van der Waals surface area contributed by atoms with Crippen LogP contribution in [0.5, 0.6) is 0 Å². The summed E-state index contributed by atoms with van der Waals surface area (Å²) in [6.07, 6.45) is 0. The second kappa shape index (κ2) is 6.62. The number of hydrogen-bond acceptors (Lipinski definition) is 3. The molecule has 0 aliphatic rings. The van der Waals surface area contributed by atoms with E-state index in [4.69, 9.17) is 23.8 Å². The zero-order chi connectivity index (χ0) is 9.00. The van der Waals surface area contributed by atoms with E-state index < -0.39 is 15.9 Å². The Morgan fingerprint density at radius 1 is 1.09 bits per heavy atom. The number of rotatable bonds is 0. The van der Waals surface area contributed by atoms with Gasteiger partial charge in [0.2, 0.25) is 0 Å². The molecule has 0 bridgehead atoms. The second-order valence-corrected chi connectivity index (χ2v) is 2.66. The molecule has 0 amide bonds. The van der Waals surface area contributed by atoms with Crippen molar-refractivity contribution in [1.29, 1.82) is 0 Å². The van der Waals surface area contributed by atoms with E-state index in [1.165, 1.54) is 0 Å². The fraction of sp³-hybridized carbons (Fsp3) is 0. The Hall–Kier alpha value is 1.13. The average molecular weight is 224 g/mol. The van der Waals surface area contributed by atoms with Gasteiger partial charge in [-0.05, 0) is 0 Å². The minimum Gasteiger partial charge on any atom is -0.753 e. The van der Waals surface area contributed by atoms with Crippen molar-refractivity contribution < 1.29 is 66.0 Å². The van der Waals surface area contributed by atoms with Gasteiger partial charge in [-0.3, -0.25) is 9.46 Å². The molecule has 0 spiro atoms. The van der Waals surface area contributed by atoms with Crippen molar-refractivity contribution in [3.63, 3.8) is 0 Å². The molecule has 2 N–H and O–H groups in total. The van der Waals surface area contributed by atoms with Gasteiger partial charge in [-0.15, -0.1) is 8.39 Å². The van der Waals surface area contributed by atoms with Crippen LogP contribution in [-0.4, -0.2) is 9.79 Å². The predicted octanol–water partition coefficient (Wildman–Crippen LogP) is -2.55. The van der Waals surface area contributed by atoms with Gasteiger partial charge in [0.25, 0.3) is 0 Å². The van der Waals surface area contributed by atoms with Crippen LogP contribution in [0.2, 0.25) is 0 Å². The molecule has 0 saturated heterocycles. The van der Waals surface area contributed by atoms with E-state index in [-0.39, 0.29) is 29.6 Å².